The number of carbonyl (C=O) groups is 1. The van der Waals surface area contributed by atoms with Crippen LogP contribution in [0.2, 0.25) is 0 Å². The molecule has 0 spiro atoms. The van der Waals surface area contributed by atoms with Gasteiger partial charge in [-0.05, 0) is 25.5 Å². The van der Waals surface area contributed by atoms with Crippen molar-refractivity contribution in [3.8, 4) is 0 Å². The minimum atomic E-state index is -0.415. The number of hydrogen-bond acceptors (Lipinski definition) is 4. The van der Waals surface area contributed by atoms with Crippen molar-refractivity contribution in [3.63, 3.8) is 0 Å². The maximum atomic E-state index is 11.2. The van der Waals surface area contributed by atoms with E-state index in [1.165, 1.54) is 6.08 Å². The van der Waals surface area contributed by atoms with E-state index in [4.69, 9.17) is 15.2 Å². The van der Waals surface area contributed by atoms with Crippen molar-refractivity contribution in [2.24, 2.45) is 5.73 Å². The van der Waals surface area contributed by atoms with Crippen LogP contribution < -0.4 is 11.1 Å². The van der Waals surface area contributed by atoms with Gasteiger partial charge in [-0.1, -0.05) is 26.0 Å². The molecule has 0 aromatic carbocycles. The highest BCUT2D eigenvalue weighted by molar-refractivity contribution is 5.66. The SMILES string of the molecule is C=CC(=C)OCCOC(=O)NCCCCCCN. The summed E-state index contributed by atoms with van der Waals surface area (Å²) in [6.45, 7) is 8.91. The molecule has 0 saturated carbocycles. The molecule has 0 aliphatic rings. The second-order valence-electron chi connectivity index (χ2n) is 3.78. The van der Waals surface area contributed by atoms with E-state index in [9.17, 15) is 4.79 Å². The van der Waals surface area contributed by atoms with E-state index in [-0.39, 0.29) is 13.2 Å². The van der Waals surface area contributed by atoms with E-state index >= 15 is 0 Å². The van der Waals surface area contributed by atoms with Gasteiger partial charge in [0.1, 0.15) is 19.0 Å². The molecule has 0 saturated heterocycles. The molecule has 5 nitrogen and oxygen atoms in total. The van der Waals surface area contributed by atoms with E-state index in [1.807, 2.05) is 0 Å². The molecule has 0 unspecified atom stereocenters. The Bertz CT molecular complexity index is 255. The van der Waals surface area contributed by atoms with Gasteiger partial charge in [-0.2, -0.15) is 0 Å². The lowest BCUT2D eigenvalue weighted by Crippen LogP contribution is -2.26. The van der Waals surface area contributed by atoms with Gasteiger partial charge in [-0.3, -0.25) is 0 Å². The Labute approximate surface area is 109 Å². The smallest absolute Gasteiger partial charge is 0.407 e. The Morgan fingerprint density at radius 3 is 2.50 bits per heavy atom. The van der Waals surface area contributed by atoms with Gasteiger partial charge in [0.05, 0.1) is 0 Å². The fourth-order valence-electron chi connectivity index (χ4n) is 1.23. The molecule has 0 bridgehead atoms. The van der Waals surface area contributed by atoms with Gasteiger partial charge in [0.25, 0.3) is 0 Å². The normalized spacial score (nSPS) is 9.61. The summed E-state index contributed by atoms with van der Waals surface area (Å²) in [7, 11) is 0. The molecule has 0 atom stereocenters. The van der Waals surface area contributed by atoms with Crippen LogP contribution in [0.1, 0.15) is 25.7 Å². The molecular formula is C13H24N2O3. The Hall–Kier alpha value is -1.49. The Kier molecular flexibility index (Phi) is 11.0. The lowest BCUT2D eigenvalue weighted by atomic mass is 10.2. The Morgan fingerprint density at radius 1 is 1.17 bits per heavy atom. The first-order chi connectivity index (χ1) is 8.70. The maximum absolute atomic E-state index is 11.2. The first kappa shape index (κ1) is 16.5. The monoisotopic (exact) mass is 256 g/mol. The number of unbranched alkanes of at least 4 members (excludes halogenated alkanes) is 3. The number of hydrogen-bond donors (Lipinski definition) is 2. The van der Waals surface area contributed by atoms with Crippen LogP contribution in [0.15, 0.2) is 25.0 Å². The molecule has 0 aromatic heterocycles. The van der Waals surface area contributed by atoms with Crippen molar-refractivity contribution in [3.05, 3.63) is 25.0 Å². The molecule has 0 aliphatic carbocycles. The standard InChI is InChI=1S/C13H24N2O3/c1-3-12(2)17-10-11-18-13(16)15-9-7-5-4-6-8-14/h3H,1-2,4-11,14H2,(H,15,16). The van der Waals surface area contributed by atoms with Crippen molar-refractivity contribution in [2.45, 2.75) is 25.7 Å². The first-order valence-corrected chi connectivity index (χ1v) is 6.25. The van der Waals surface area contributed by atoms with Crippen LogP contribution in [0.5, 0.6) is 0 Å². The van der Waals surface area contributed by atoms with E-state index < -0.39 is 6.09 Å². The molecule has 0 heterocycles. The van der Waals surface area contributed by atoms with Crippen LogP contribution >= 0.6 is 0 Å². The zero-order chi connectivity index (χ0) is 13.6. The van der Waals surface area contributed by atoms with Crippen molar-refractivity contribution in [1.82, 2.24) is 5.32 Å². The topological polar surface area (TPSA) is 73.6 Å². The van der Waals surface area contributed by atoms with E-state index in [2.05, 4.69) is 18.5 Å². The van der Waals surface area contributed by atoms with Crippen LogP contribution in [-0.4, -0.2) is 32.4 Å². The van der Waals surface area contributed by atoms with Crippen molar-refractivity contribution >= 4 is 6.09 Å². The van der Waals surface area contributed by atoms with Crippen LogP contribution in [0.4, 0.5) is 4.79 Å². The number of allylic oxidation sites excluding steroid dienone is 1. The summed E-state index contributed by atoms with van der Waals surface area (Å²) in [4.78, 5) is 11.2. The van der Waals surface area contributed by atoms with Crippen LogP contribution in [0, 0.1) is 0 Å². The Morgan fingerprint density at radius 2 is 1.83 bits per heavy atom. The highest BCUT2D eigenvalue weighted by atomic mass is 16.6. The molecule has 0 aliphatic heterocycles. The third kappa shape index (κ3) is 11.0. The third-order valence-corrected chi connectivity index (χ3v) is 2.23. The van der Waals surface area contributed by atoms with Gasteiger partial charge in [0, 0.05) is 6.54 Å². The second kappa shape index (κ2) is 12.0. The molecule has 0 rings (SSSR count). The molecule has 18 heavy (non-hydrogen) atoms. The van der Waals surface area contributed by atoms with Crippen LogP contribution in [0.3, 0.4) is 0 Å². The quantitative estimate of drug-likeness (QED) is 0.336. The molecule has 0 fully saturated rings. The van der Waals surface area contributed by atoms with E-state index in [0.29, 0.717) is 12.3 Å². The summed E-state index contributed by atoms with van der Waals surface area (Å²) in [5.41, 5.74) is 5.38. The molecule has 3 N–H and O–H groups in total. The minimum Gasteiger partial charge on any atom is -0.491 e. The van der Waals surface area contributed by atoms with Gasteiger partial charge in [0.15, 0.2) is 0 Å². The summed E-state index contributed by atoms with van der Waals surface area (Å²) >= 11 is 0. The van der Waals surface area contributed by atoms with Gasteiger partial charge in [-0.15, -0.1) is 0 Å². The fraction of sp³-hybridized carbons (Fsp3) is 0.615. The number of amides is 1. The summed E-state index contributed by atoms with van der Waals surface area (Å²) in [5.74, 6) is 0.471. The lowest BCUT2D eigenvalue weighted by Gasteiger charge is -2.08. The Balaban J connectivity index is 3.27. The maximum Gasteiger partial charge on any atom is 0.407 e. The summed E-state index contributed by atoms with van der Waals surface area (Å²) < 4.78 is 9.98. The van der Waals surface area contributed by atoms with Crippen LogP contribution in [0.25, 0.3) is 0 Å². The lowest BCUT2D eigenvalue weighted by molar-refractivity contribution is 0.107. The summed E-state index contributed by atoms with van der Waals surface area (Å²) in [5, 5.41) is 2.67. The second-order valence-corrected chi connectivity index (χ2v) is 3.78. The van der Waals surface area contributed by atoms with Crippen molar-refractivity contribution in [2.75, 3.05) is 26.3 Å². The molecule has 1 amide bonds. The molecule has 5 heteroatoms. The van der Waals surface area contributed by atoms with Crippen molar-refractivity contribution in [1.29, 1.82) is 0 Å². The zero-order valence-corrected chi connectivity index (χ0v) is 11.0. The number of rotatable bonds is 11. The third-order valence-electron chi connectivity index (χ3n) is 2.23. The van der Waals surface area contributed by atoms with E-state index in [0.717, 1.165) is 32.2 Å². The summed E-state index contributed by atoms with van der Waals surface area (Å²) in [6, 6.07) is 0. The van der Waals surface area contributed by atoms with Gasteiger partial charge >= 0.3 is 6.09 Å². The van der Waals surface area contributed by atoms with Gasteiger partial charge < -0.3 is 20.5 Å². The summed E-state index contributed by atoms with van der Waals surface area (Å²) in [6.07, 6.45) is 5.24. The number of carbonyl (C=O) groups excluding carboxylic acids is 1. The fourth-order valence-corrected chi connectivity index (χ4v) is 1.23. The largest absolute Gasteiger partial charge is 0.491 e. The van der Waals surface area contributed by atoms with E-state index in [1.54, 1.807) is 0 Å². The number of nitrogens with one attached hydrogen (secondary N) is 1. The molecule has 104 valence electrons. The highest BCUT2D eigenvalue weighted by Crippen LogP contribution is 1.97. The van der Waals surface area contributed by atoms with Gasteiger partial charge in [-0.25, -0.2) is 4.79 Å². The zero-order valence-electron chi connectivity index (χ0n) is 11.0. The highest BCUT2D eigenvalue weighted by Gasteiger charge is 2.00. The average molecular weight is 256 g/mol. The predicted octanol–water partition coefficient (Wildman–Crippen LogP) is 1.95. The molecule has 0 aromatic rings. The predicted molar refractivity (Wildman–Crippen MR) is 72.2 cm³/mol. The molecule has 0 radical (unpaired) electrons. The van der Waals surface area contributed by atoms with Gasteiger partial charge in [0.2, 0.25) is 0 Å². The number of alkyl carbamates (subject to hydrolysis) is 1. The number of ether oxygens (including phenoxy) is 2. The number of nitrogens with two attached hydrogens (primary N) is 1. The average Bonchev–Trinajstić information content (AvgIpc) is 2.38. The minimum absolute atomic E-state index is 0.200. The van der Waals surface area contributed by atoms with Crippen LogP contribution in [-0.2, 0) is 9.47 Å². The first-order valence-electron chi connectivity index (χ1n) is 6.25. The van der Waals surface area contributed by atoms with Crippen molar-refractivity contribution < 1.29 is 14.3 Å². The molecular weight excluding hydrogens is 232 g/mol.